The van der Waals surface area contributed by atoms with E-state index in [0.29, 0.717) is 16.4 Å². The van der Waals surface area contributed by atoms with Gasteiger partial charge < -0.3 is 5.11 Å². The van der Waals surface area contributed by atoms with Crippen LogP contribution in [0, 0.1) is 0 Å². The maximum atomic E-state index is 11.7. The van der Waals surface area contributed by atoms with Crippen molar-refractivity contribution in [2.75, 3.05) is 6.26 Å². The van der Waals surface area contributed by atoms with Crippen LogP contribution in [0.5, 0.6) is 0 Å². The van der Waals surface area contributed by atoms with Gasteiger partial charge in [0, 0.05) is 23.5 Å². The molecule has 3 heterocycles. The van der Waals surface area contributed by atoms with Crippen LogP contribution in [0.2, 0.25) is 5.02 Å². The quantitative estimate of drug-likeness (QED) is 0.443. The molecule has 0 spiro atoms. The van der Waals surface area contributed by atoms with Gasteiger partial charge in [0.1, 0.15) is 5.60 Å². The second-order valence-electron chi connectivity index (χ2n) is 7.67. The lowest BCUT2D eigenvalue weighted by molar-refractivity contribution is 0.0734. The Hall–Kier alpha value is -2.52. The van der Waals surface area contributed by atoms with E-state index in [9.17, 15) is 13.5 Å². The molecule has 160 valence electrons. The molecule has 6 nitrogen and oxygen atoms in total. The van der Waals surface area contributed by atoms with E-state index < -0.39 is 15.4 Å². The van der Waals surface area contributed by atoms with E-state index in [1.165, 1.54) is 6.26 Å². The summed E-state index contributed by atoms with van der Waals surface area (Å²) in [5.41, 5.74) is 1.76. The highest BCUT2D eigenvalue weighted by Gasteiger charge is 2.24. The number of pyridine rings is 1. The average molecular weight is 474 g/mol. The summed E-state index contributed by atoms with van der Waals surface area (Å²) in [4.78, 5) is 6.23. The first kappa shape index (κ1) is 21.7. The molecule has 4 rings (SSSR count). The van der Waals surface area contributed by atoms with Crippen LogP contribution in [0.25, 0.3) is 26.7 Å². The Morgan fingerprint density at radius 2 is 1.74 bits per heavy atom. The fourth-order valence-corrected chi connectivity index (χ4v) is 4.92. The number of sulfone groups is 1. The van der Waals surface area contributed by atoms with Crippen molar-refractivity contribution in [2.45, 2.75) is 24.3 Å². The summed E-state index contributed by atoms with van der Waals surface area (Å²) in [7, 11) is -3.24. The van der Waals surface area contributed by atoms with Crippen LogP contribution < -0.4 is 0 Å². The van der Waals surface area contributed by atoms with Gasteiger partial charge in [0.25, 0.3) is 0 Å². The van der Waals surface area contributed by atoms with Gasteiger partial charge >= 0.3 is 0 Å². The number of rotatable bonds is 5. The average Bonchev–Trinajstić information content (AvgIpc) is 3.35. The van der Waals surface area contributed by atoms with Crippen LogP contribution >= 0.6 is 22.9 Å². The Kier molecular flexibility index (Phi) is 5.51. The number of aliphatic hydroxyl groups is 1. The van der Waals surface area contributed by atoms with E-state index in [2.05, 4.69) is 10.1 Å². The number of benzene rings is 1. The van der Waals surface area contributed by atoms with Gasteiger partial charge in [-0.15, -0.1) is 11.3 Å². The summed E-state index contributed by atoms with van der Waals surface area (Å²) in [6.07, 6.45) is 4.38. The molecular weight excluding hydrogens is 454 g/mol. The molecule has 1 N–H and O–H groups in total. The van der Waals surface area contributed by atoms with Gasteiger partial charge in [-0.05, 0) is 55.8 Å². The zero-order valence-corrected chi connectivity index (χ0v) is 19.5. The van der Waals surface area contributed by atoms with Crippen molar-refractivity contribution in [3.8, 4) is 26.7 Å². The lowest BCUT2D eigenvalue weighted by Crippen LogP contribution is -2.16. The minimum Gasteiger partial charge on any atom is -0.384 e. The first-order valence-electron chi connectivity index (χ1n) is 9.37. The maximum absolute atomic E-state index is 11.7. The van der Waals surface area contributed by atoms with Crippen molar-refractivity contribution in [2.24, 2.45) is 0 Å². The van der Waals surface area contributed by atoms with E-state index in [1.807, 2.05) is 18.2 Å². The third-order valence-corrected chi connectivity index (χ3v) is 7.32. The SMILES string of the molecule is CC(C)(O)c1cc(-c2ccc(-c3ccc(S(C)(=O)=O)cc3)s2)n(-c2ccncc2Cl)n1. The molecule has 0 radical (unpaired) electrons. The normalized spacial score (nSPS) is 12.3. The summed E-state index contributed by atoms with van der Waals surface area (Å²) in [5, 5.41) is 15.5. The van der Waals surface area contributed by atoms with Gasteiger partial charge in [-0.25, -0.2) is 13.1 Å². The van der Waals surface area contributed by atoms with Crippen molar-refractivity contribution in [1.82, 2.24) is 14.8 Å². The maximum Gasteiger partial charge on any atom is 0.175 e. The van der Waals surface area contributed by atoms with Gasteiger partial charge in [0.15, 0.2) is 9.84 Å². The second-order valence-corrected chi connectivity index (χ2v) is 11.2. The first-order valence-corrected chi connectivity index (χ1v) is 12.5. The minimum absolute atomic E-state index is 0.285. The topological polar surface area (TPSA) is 85.1 Å². The molecule has 0 saturated heterocycles. The minimum atomic E-state index is -3.24. The Balaban J connectivity index is 1.80. The Morgan fingerprint density at radius 3 is 2.35 bits per heavy atom. The Morgan fingerprint density at radius 1 is 1.06 bits per heavy atom. The van der Waals surface area contributed by atoms with E-state index in [-0.39, 0.29) is 4.90 Å². The predicted octanol–water partition coefficient (Wildman–Crippen LogP) is 4.95. The smallest absolute Gasteiger partial charge is 0.175 e. The molecule has 0 unspecified atom stereocenters. The number of thiophene rings is 1. The van der Waals surface area contributed by atoms with Crippen LogP contribution in [0.4, 0.5) is 0 Å². The van der Waals surface area contributed by atoms with Crippen LogP contribution in [0.3, 0.4) is 0 Å². The standard InChI is InChI=1S/C22H20ClN3O3S2/c1-22(2,27)21-12-18(26(25-21)17-10-11-24-13-16(17)23)20-9-8-19(30-20)14-4-6-15(7-5-14)31(3,28)29/h4-13,27H,1-3H3. The van der Waals surface area contributed by atoms with Crippen molar-refractivity contribution >= 4 is 32.8 Å². The van der Waals surface area contributed by atoms with E-state index in [0.717, 1.165) is 21.0 Å². The molecule has 3 aromatic heterocycles. The summed E-state index contributed by atoms with van der Waals surface area (Å²) in [6.45, 7) is 3.36. The van der Waals surface area contributed by atoms with Crippen molar-refractivity contribution in [1.29, 1.82) is 0 Å². The fraction of sp³-hybridized carbons (Fsp3) is 0.182. The highest BCUT2D eigenvalue weighted by atomic mass is 35.5. The molecule has 0 atom stereocenters. The highest BCUT2D eigenvalue weighted by Crippen LogP contribution is 2.38. The molecule has 31 heavy (non-hydrogen) atoms. The molecule has 0 amide bonds. The summed E-state index contributed by atoms with van der Waals surface area (Å²) in [5.74, 6) is 0. The number of aromatic nitrogens is 3. The van der Waals surface area contributed by atoms with Crippen molar-refractivity contribution in [3.63, 3.8) is 0 Å². The predicted molar refractivity (Wildman–Crippen MR) is 123 cm³/mol. The van der Waals surface area contributed by atoms with E-state index in [1.54, 1.807) is 72.6 Å². The lowest BCUT2D eigenvalue weighted by Gasteiger charge is -2.13. The third-order valence-electron chi connectivity index (χ3n) is 4.74. The van der Waals surface area contributed by atoms with Crippen molar-refractivity contribution in [3.05, 3.63) is 71.6 Å². The largest absolute Gasteiger partial charge is 0.384 e. The molecule has 0 aliphatic heterocycles. The zero-order chi connectivity index (χ0) is 22.4. The summed E-state index contributed by atoms with van der Waals surface area (Å²) >= 11 is 7.90. The molecule has 0 aliphatic rings. The van der Waals surface area contributed by atoms with Gasteiger partial charge in [-0.2, -0.15) is 5.10 Å². The van der Waals surface area contributed by atoms with Crippen molar-refractivity contribution < 1.29 is 13.5 Å². The molecule has 4 aromatic rings. The molecule has 0 bridgehead atoms. The molecule has 1 aromatic carbocycles. The lowest BCUT2D eigenvalue weighted by atomic mass is 10.1. The second kappa shape index (κ2) is 7.87. The van der Waals surface area contributed by atoms with Gasteiger partial charge in [0.05, 0.1) is 31.9 Å². The number of hydrogen-bond donors (Lipinski definition) is 1. The van der Waals surface area contributed by atoms with Gasteiger partial charge in [0.2, 0.25) is 0 Å². The molecule has 9 heteroatoms. The van der Waals surface area contributed by atoms with Crippen LogP contribution in [0.15, 0.2) is 65.8 Å². The fourth-order valence-electron chi connectivity index (χ4n) is 3.08. The van der Waals surface area contributed by atoms with E-state index in [4.69, 9.17) is 11.6 Å². The van der Waals surface area contributed by atoms with Gasteiger partial charge in [-0.3, -0.25) is 4.98 Å². The zero-order valence-electron chi connectivity index (χ0n) is 17.1. The number of nitrogens with zero attached hydrogens (tertiary/aromatic N) is 3. The number of halogens is 1. The third kappa shape index (κ3) is 4.43. The molecular formula is C22H20ClN3O3S2. The first-order chi connectivity index (χ1) is 14.5. The summed E-state index contributed by atoms with van der Waals surface area (Å²) in [6, 6.07) is 14.4. The molecule has 0 saturated carbocycles. The van der Waals surface area contributed by atoms with Gasteiger partial charge in [-0.1, -0.05) is 23.7 Å². The highest BCUT2D eigenvalue weighted by molar-refractivity contribution is 7.90. The van der Waals surface area contributed by atoms with Crippen LogP contribution in [0.1, 0.15) is 19.5 Å². The molecule has 0 aliphatic carbocycles. The number of hydrogen-bond acceptors (Lipinski definition) is 6. The molecule has 0 fully saturated rings. The Bertz CT molecular complexity index is 1350. The monoisotopic (exact) mass is 473 g/mol. The van der Waals surface area contributed by atoms with Crippen LogP contribution in [-0.2, 0) is 15.4 Å². The Labute approximate surface area is 189 Å². The van der Waals surface area contributed by atoms with Crippen LogP contribution in [-0.4, -0.2) is 34.5 Å². The summed E-state index contributed by atoms with van der Waals surface area (Å²) < 4.78 is 25.1. The van der Waals surface area contributed by atoms with E-state index >= 15 is 0 Å².